The van der Waals surface area contributed by atoms with E-state index >= 15 is 0 Å². The van der Waals surface area contributed by atoms with Crippen molar-refractivity contribution in [3.05, 3.63) is 115 Å². The van der Waals surface area contributed by atoms with Crippen LogP contribution in [0.15, 0.2) is 109 Å². The smallest absolute Gasteiger partial charge is 0.343 e. The fraction of sp³-hybridized carbons (Fsp3) is 0.194. The molecule has 0 radical (unpaired) electrons. The Labute approximate surface area is 246 Å². The number of carbonyl (C=O) groups excluding carboxylic acids is 1. The predicted octanol–water partition coefficient (Wildman–Crippen LogP) is 8.12. The van der Waals surface area contributed by atoms with Crippen molar-refractivity contribution >= 4 is 22.4 Å². The van der Waals surface area contributed by atoms with Crippen molar-refractivity contribution in [2.45, 2.75) is 19.3 Å². The normalized spacial score (nSPS) is 13.5. The van der Waals surface area contributed by atoms with E-state index in [1.54, 1.807) is 30.3 Å². The number of anilines is 1. The zero-order chi connectivity index (χ0) is 28.7. The molecule has 2 N–H and O–H groups in total. The van der Waals surface area contributed by atoms with Gasteiger partial charge in [0.05, 0.1) is 5.56 Å². The average molecular weight is 559 g/mol. The number of aromatic hydroxyl groups is 1. The van der Waals surface area contributed by atoms with Crippen LogP contribution in [0.3, 0.4) is 0 Å². The van der Waals surface area contributed by atoms with Crippen LogP contribution < -0.4 is 14.8 Å². The number of benzene rings is 5. The maximum Gasteiger partial charge on any atom is 0.343 e. The van der Waals surface area contributed by atoms with Gasteiger partial charge in [-0.05, 0) is 110 Å². The third-order valence-corrected chi connectivity index (χ3v) is 7.62. The number of phenols is 1. The molecule has 1 saturated heterocycles. The summed E-state index contributed by atoms with van der Waals surface area (Å²) in [6, 6.07) is 33.6. The molecule has 0 aliphatic carbocycles. The second-order valence-corrected chi connectivity index (χ2v) is 10.6. The molecule has 0 unspecified atom stereocenters. The lowest BCUT2D eigenvalue weighted by Gasteiger charge is -2.26. The Morgan fingerprint density at radius 1 is 0.786 bits per heavy atom. The van der Waals surface area contributed by atoms with Crippen molar-refractivity contribution in [3.63, 3.8) is 0 Å². The lowest BCUT2D eigenvalue weighted by molar-refractivity contribution is 0.0735. The van der Waals surface area contributed by atoms with E-state index in [4.69, 9.17) is 9.47 Å². The Morgan fingerprint density at radius 3 is 2.29 bits per heavy atom. The lowest BCUT2D eigenvalue weighted by Crippen LogP contribution is -2.33. The number of ether oxygens (including phenoxy) is 2. The summed E-state index contributed by atoms with van der Waals surface area (Å²) in [6.07, 6.45) is 3.94. The summed E-state index contributed by atoms with van der Waals surface area (Å²) in [5.41, 5.74) is 3.36. The Bertz CT molecular complexity index is 1640. The molecule has 1 aliphatic rings. The zero-order valence-corrected chi connectivity index (χ0v) is 23.5. The molecule has 0 atom stereocenters. The molecule has 6 heteroatoms. The maximum absolute atomic E-state index is 12.6. The summed E-state index contributed by atoms with van der Waals surface area (Å²) in [5.74, 6) is 1.65. The molecular formula is C36H34N2O4. The predicted molar refractivity (Wildman–Crippen MR) is 168 cm³/mol. The zero-order valence-electron chi connectivity index (χ0n) is 23.5. The van der Waals surface area contributed by atoms with Gasteiger partial charge in [-0.15, -0.1) is 0 Å². The fourth-order valence-corrected chi connectivity index (χ4v) is 5.36. The summed E-state index contributed by atoms with van der Waals surface area (Å²) >= 11 is 0. The molecule has 1 aliphatic heterocycles. The van der Waals surface area contributed by atoms with Crippen LogP contribution in [0.1, 0.15) is 29.6 Å². The van der Waals surface area contributed by atoms with Gasteiger partial charge in [-0.3, -0.25) is 0 Å². The highest BCUT2D eigenvalue weighted by Gasteiger charge is 2.15. The first-order chi connectivity index (χ1) is 20.6. The van der Waals surface area contributed by atoms with E-state index in [1.165, 1.54) is 32.4 Å². The minimum atomic E-state index is -0.406. The van der Waals surface area contributed by atoms with Crippen molar-refractivity contribution in [2.75, 3.05) is 31.5 Å². The number of carbonyl (C=O) groups is 1. The van der Waals surface area contributed by atoms with Crippen molar-refractivity contribution in [1.29, 1.82) is 0 Å². The van der Waals surface area contributed by atoms with Gasteiger partial charge in [0.2, 0.25) is 0 Å². The number of likely N-dealkylation sites (tertiary alicyclic amines) is 1. The number of phenolic OH excluding ortho intramolecular Hbond substituents is 1. The van der Waals surface area contributed by atoms with Gasteiger partial charge in [0.25, 0.3) is 0 Å². The molecule has 0 aromatic heterocycles. The number of nitrogens with one attached hydrogen (secondary N) is 1. The highest BCUT2D eigenvalue weighted by atomic mass is 16.5. The fourth-order valence-electron chi connectivity index (χ4n) is 5.36. The van der Waals surface area contributed by atoms with Crippen LogP contribution in [0.5, 0.6) is 23.0 Å². The first-order valence-electron chi connectivity index (χ1n) is 14.5. The van der Waals surface area contributed by atoms with E-state index < -0.39 is 5.97 Å². The van der Waals surface area contributed by atoms with Crippen molar-refractivity contribution in [1.82, 2.24) is 4.90 Å². The Hall–Kier alpha value is -4.81. The second-order valence-electron chi connectivity index (χ2n) is 10.6. The minimum absolute atomic E-state index is 0.204. The van der Waals surface area contributed by atoms with Crippen LogP contribution in [-0.4, -0.2) is 42.2 Å². The highest BCUT2D eigenvalue weighted by Crippen LogP contribution is 2.41. The van der Waals surface area contributed by atoms with Gasteiger partial charge in [-0.25, -0.2) is 4.79 Å². The molecule has 6 nitrogen and oxygen atoms in total. The van der Waals surface area contributed by atoms with Crippen LogP contribution in [-0.2, 0) is 0 Å². The third kappa shape index (κ3) is 6.56. The Kier molecular flexibility index (Phi) is 8.33. The molecule has 5 aromatic carbocycles. The van der Waals surface area contributed by atoms with Gasteiger partial charge in [-0.1, -0.05) is 42.8 Å². The first kappa shape index (κ1) is 27.4. The molecular weight excluding hydrogens is 524 g/mol. The quantitative estimate of drug-likeness (QED) is 0.141. The van der Waals surface area contributed by atoms with E-state index in [0.717, 1.165) is 40.7 Å². The topological polar surface area (TPSA) is 71.0 Å². The van der Waals surface area contributed by atoms with Gasteiger partial charge in [0, 0.05) is 29.7 Å². The number of rotatable bonds is 9. The van der Waals surface area contributed by atoms with Crippen molar-refractivity contribution < 1.29 is 19.4 Å². The monoisotopic (exact) mass is 558 g/mol. The van der Waals surface area contributed by atoms with Crippen molar-refractivity contribution in [3.8, 4) is 34.1 Å². The third-order valence-electron chi connectivity index (χ3n) is 7.62. The lowest BCUT2D eigenvalue weighted by atomic mass is 9.99. The van der Waals surface area contributed by atoms with Crippen LogP contribution >= 0.6 is 0 Å². The second kappa shape index (κ2) is 12.8. The average Bonchev–Trinajstić information content (AvgIpc) is 3.03. The molecule has 6 rings (SSSR count). The Morgan fingerprint density at radius 2 is 1.52 bits per heavy atom. The van der Waals surface area contributed by atoms with Crippen LogP contribution in [0, 0.1) is 0 Å². The molecule has 1 heterocycles. The molecule has 212 valence electrons. The summed E-state index contributed by atoms with van der Waals surface area (Å²) in [4.78, 5) is 15.1. The van der Waals surface area contributed by atoms with E-state index in [2.05, 4.69) is 10.2 Å². The van der Waals surface area contributed by atoms with Crippen LogP contribution in [0.4, 0.5) is 5.69 Å². The molecule has 5 aromatic rings. The molecule has 1 fully saturated rings. The maximum atomic E-state index is 12.6. The van der Waals surface area contributed by atoms with Gasteiger partial charge in [0.15, 0.2) is 0 Å². The molecule has 0 saturated carbocycles. The number of piperidine rings is 1. The summed E-state index contributed by atoms with van der Waals surface area (Å²) in [6.45, 7) is 4.35. The van der Waals surface area contributed by atoms with E-state index in [0.29, 0.717) is 22.8 Å². The summed E-state index contributed by atoms with van der Waals surface area (Å²) < 4.78 is 12.2. The standard InChI is InChI=1S/C36H34N2O4/c39-30-14-9-26(10-15-30)33-19-11-28-25-32(42-36(40)27-7-3-1-4-8-27)18-20-34(28)35(33)41-31-16-12-29(13-17-31)37-21-24-38-22-5-2-6-23-38/h1,3-4,7-20,25,37,39H,2,5-6,21-24H2. The Balaban J connectivity index is 1.24. The van der Waals surface area contributed by atoms with Crippen molar-refractivity contribution in [2.24, 2.45) is 0 Å². The van der Waals surface area contributed by atoms with E-state index in [-0.39, 0.29) is 5.75 Å². The largest absolute Gasteiger partial charge is 0.508 e. The summed E-state index contributed by atoms with van der Waals surface area (Å²) in [7, 11) is 0. The minimum Gasteiger partial charge on any atom is -0.508 e. The van der Waals surface area contributed by atoms with Gasteiger partial charge in [-0.2, -0.15) is 0 Å². The van der Waals surface area contributed by atoms with E-state index in [9.17, 15) is 9.90 Å². The highest BCUT2D eigenvalue weighted by molar-refractivity contribution is 5.97. The number of nitrogens with zero attached hydrogens (tertiary/aromatic N) is 1. The van der Waals surface area contributed by atoms with Gasteiger partial charge >= 0.3 is 5.97 Å². The van der Waals surface area contributed by atoms with Gasteiger partial charge < -0.3 is 24.8 Å². The number of hydrogen-bond acceptors (Lipinski definition) is 6. The van der Waals surface area contributed by atoms with E-state index in [1.807, 2.05) is 78.9 Å². The molecule has 42 heavy (non-hydrogen) atoms. The molecule has 0 amide bonds. The number of esters is 1. The SMILES string of the molecule is O=C(Oc1ccc2c(Oc3ccc(NCCN4CCCCC4)cc3)c(-c3ccc(O)cc3)ccc2c1)c1ccccc1. The van der Waals surface area contributed by atoms with Crippen LogP contribution in [0.25, 0.3) is 21.9 Å². The number of fused-ring (bicyclic) bond motifs is 1. The summed E-state index contributed by atoms with van der Waals surface area (Å²) in [5, 5.41) is 15.1. The molecule has 0 bridgehead atoms. The van der Waals surface area contributed by atoms with Crippen LogP contribution in [0.2, 0.25) is 0 Å². The number of hydrogen-bond donors (Lipinski definition) is 2. The van der Waals surface area contributed by atoms with Gasteiger partial charge in [0.1, 0.15) is 23.0 Å². The first-order valence-corrected chi connectivity index (χ1v) is 14.5. The molecule has 0 spiro atoms.